The van der Waals surface area contributed by atoms with E-state index in [2.05, 4.69) is 12.2 Å². The van der Waals surface area contributed by atoms with Gasteiger partial charge in [0.15, 0.2) is 0 Å². The Kier molecular flexibility index (Phi) is 18.9. The molecule has 0 atom stereocenters. The molecule has 35 heavy (non-hydrogen) atoms. The molecule has 0 saturated carbocycles. The van der Waals surface area contributed by atoms with Crippen molar-refractivity contribution in [2.24, 2.45) is 0 Å². The van der Waals surface area contributed by atoms with Crippen molar-refractivity contribution in [1.82, 2.24) is 0 Å². The Hall–Kier alpha value is -1.45. The van der Waals surface area contributed by atoms with Crippen molar-refractivity contribution in [3.8, 4) is 0 Å². The van der Waals surface area contributed by atoms with Crippen molar-refractivity contribution in [2.75, 3.05) is 13.2 Å². The monoisotopic (exact) mass is 516 g/mol. The minimum Gasteiger partial charge on any atom is -0.744 e. The van der Waals surface area contributed by atoms with E-state index in [9.17, 15) is 22.6 Å². The Balaban J connectivity index is 0.0000116. The molecule has 0 aromatic heterocycles. The summed E-state index contributed by atoms with van der Waals surface area (Å²) in [7, 11) is -4.80. The van der Waals surface area contributed by atoms with Crippen LogP contribution in [0, 0.1) is 0 Å². The van der Waals surface area contributed by atoms with E-state index in [1.807, 2.05) is 26.0 Å². The van der Waals surface area contributed by atoms with Gasteiger partial charge in [-0.2, -0.15) is 0 Å². The molecule has 0 bridgehead atoms. The van der Waals surface area contributed by atoms with Crippen LogP contribution in [0.5, 0.6) is 0 Å². The van der Waals surface area contributed by atoms with Crippen LogP contribution < -0.4 is 29.6 Å². The number of ether oxygens (including phenoxy) is 2. The molecular weight excluding hydrogens is 479 g/mol. The summed E-state index contributed by atoms with van der Waals surface area (Å²) in [6.45, 7) is 4.28. The van der Waals surface area contributed by atoms with E-state index in [0.717, 1.165) is 69.6 Å². The van der Waals surface area contributed by atoms with Crippen LogP contribution in [0.3, 0.4) is 0 Å². The molecule has 0 radical (unpaired) electrons. The topological polar surface area (TPSA) is 110 Å². The molecule has 0 N–H and O–H groups in total. The van der Waals surface area contributed by atoms with Gasteiger partial charge in [0.1, 0.15) is 10.1 Å². The number of hydrogen-bond acceptors (Lipinski definition) is 7. The summed E-state index contributed by atoms with van der Waals surface area (Å²) >= 11 is 0. The normalized spacial score (nSPS) is 11.5. The summed E-state index contributed by atoms with van der Waals surface area (Å²) in [5.41, 5.74) is -0.391. The predicted molar refractivity (Wildman–Crippen MR) is 131 cm³/mol. The van der Waals surface area contributed by atoms with Gasteiger partial charge in [-0.3, -0.25) is 0 Å². The van der Waals surface area contributed by atoms with Gasteiger partial charge in [0.25, 0.3) is 0 Å². The fourth-order valence-corrected chi connectivity index (χ4v) is 3.78. The number of esters is 2. The maximum Gasteiger partial charge on any atom is 1.00 e. The van der Waals surface area contributed by atoms with E-state index in [4.69, 9.17) is 9.47 Å². The molecule has 0 spiro atoms. The van der Waals surface area contributed by atoms with Crippen LogP contribution >= 0.6 is 0 Å². The fourth-order valence-electron chi connectivity index (χ4n) is 3.28. The van der Waals surface area contributed by atoms with Crippen molar-refractivity contribution in [2.45, 2.75) is 83.0 Å². The Morgan fingerprint density at radius 3 is 1.69 bits per heavy atom. The van der Waals surface area contributed by atoms with E-state index in [-0.39, 0.29) is 53.9 Å². The summed E-state index contributed by atoms with van der Waals surface area (Å²) in [4.78, 5) is 24.5. The van der Waals surface area contributed by atoms with Gasteiger partial charge in [-0.25, -0.2) is 18.0 Å². The van der Waals surface area contributed by atoms with Gasteiger partial charge < -0.3 is 14.0 Å². The molecule has 1 rings (SSSR count). The molecule has 0 unspecified atom stereocenters. The van der Waals surface area contributed by atoms with Crippen molar-refractivity contribution in [1.29, 1.82) is 0 Å². The molecule has 0 saturated heterocycles. The van der Waals surface area contributed by atoms with Crippen molar-refractivity contribution >= 4 is 22.1 Å². The van der Waals surface area contributed by atoms with Gasteiger partial charge in [0, 0.05) is 0 Å². The van der Waals surface area contributed by atoms with Crippen molar-refractivity contribution in [3.63, 3.8) is 0 Å². The summed E-state index contributed by atoms with van der Waals surface area (Å²) < 4.78 is 44.7. The van der Waals surface area contributed by atoms with Crippen LogP contribution in [0.1, 0.15) is 98.8 Å². The maximum absolute atomic E-state index is 12.6. The van der Waals surface area contributed by atoms with Crippen LogP contribution in [0.4, 0.5) is 0 Å². The van der Waals surface area contributed by atoms with E-state index in [0.29, 0.717) is 12.8 Å². The summed E-state index contributed by atoms with van der Waals surface area (Å²) in [5, 5.41) is 0. The van der Waals surface area contributed by atoms with Gasteiger partial charge in [0.05, 0.1) is 29.2 Å². The van der Waals surface area contributed by atoms with Gasteiger partial charge >= 0.3 is 41.5 Å². The average Bonchev–Trinajstić information content (AvgIpc) is 2.81. The minimum atomic E-state index is -4.80. The molecule has 0 aliphatic heterocycles. The van der Waals surface area contributed by atoms with E-state index in [1.54, 1.807) is 0 Å². The van der Waals surface area contributed by atoms with Gasteiger partial charge in [-0.1, -0.05) is 50.0 Å². The number of unbranched alkanes of at least 4 members (excludes halogenated alkanes) is 8. The quantitative estimate of drug-likeness (QED) is 0.103. The second-order valence-electron chi connectivity index (χ2n) is 7.98. The second kappa shape index (κ2) is 19.7. The summed E-state index contributed by atoms with van der Waals surface area (Å²) in [6, 6.07) is 3.02. The zero-order valence-corrected chi connectivity index (χ0v) is 24.1. The number of rotatable bonds is 17. The molecule has 0 amide bonds. The van der Waals surface area contributed by atoms with Crippen LogP contribution in [0.25, 0.3) is 0 Å². The standard InChI is InChI=1S/C26H38O7S.Na/c1-3-5-7-9-11-13-15-19-32-25(27)23-18-17-22(34(29,30)31)21-24(23)26(28)33-20-16-14-12-10-8-6-4-2;/h3-6,17-18,21H,7-16,19-20H2,1-2H3,(H,29,30,31);/q;+1/p-1/b5-3+,6-4+;. The maximum atomic E-state index is 12.6. The largest absolute Gasteiger partial charge is 1.00 e. The van der Waals surface area contributed by atoms with E-state index >= 15 is 0 Å². The molecule has 0 aliphatic carbocycles. The van der Waals surface area contributed by atoms with Crippen LogP contribution in [0.2, 0.25) is 0 Å². The Morgan fingerprint density at radius 2 is 1.23 bits per heavy atom. The van der Waals surface area contributed by atoms with E-state index in [1.165, 1.54) is 0 Å². The van der Waals surface area contributed by atoms with Crippen molar-refractivity contribution < 1.29 is 61.6 Å². The molecule has 0 heterocycles. The number of benzene rings is 1. The minimum absolute atomic E-state index is 0. The van der Waals surface area contributed by atoms with Crippen LogP contribution in [-0.2, 0) is 19.6 Å². The van der Waals surface area contributed by atoms with Gasteiger partial charge in [0.2, 0.25) is 0 Å². The molecule has 0 aliphatic rings. The third-order valence-electron chi connectivity index (χ3n) is 5.19. The van der Waals surface area contributed by atoms with E-state index < -0.39 is 27.0 Å². The predicted octanol–water partition coefficient (Wildman–Crippen LogP) is 2.96. The third-order valence-corrected chi connectivity index (χ3v) is 6.02. The molecular formula is C26H37NaO7S. The first-order valence-corrected chi connectivity index (χ1v) is 13.4. The van der Waals surface area contributed by atoms with Gasteiger partial charge in [-0.15, -0.1) is 0 Å². The third kappa shape index (κ3) is 14.6. The molecule has 7 nitrogen and oxygen atoms in total. The van der Waals surface area contributed by atoms with Crippen LogP contribution in [0.15, 0.2) is 47.4 Å². The second-order valence-corrected chi connectivity index (χ2v) is 9.36. The Bertz CT molecular complexity index is 924. The molecule has 1 aromatic carbocycles. The Morgan fingerprint density at radius 1 is 0.771 bits per heavy atom. The Labute approximate surface area is 232 Å². The summed E-state index contributed by atoms with van der Waals surface area (Å²) in [6.07, 6.45) is 17.5. The van der Waals surface area contributed by atoms with Crippen LogP contribution in [-0.4, -0.2) is 38.1 Å². The fraction of sp³-hybridized carbons (Fsp3) is 0.538. The first-order chi connectivity index (χ1) is 16.3. The smallest absolute Gasteiger partial charge is 0.744 e. The molecule has 9 heteroatoms. The SMILES string of the molecule is C/C=C/CCCCCCOC(=O)c1ccc(S(=O)(=O)[O-])cc1C(=O)OCCCCCC/C=C/C.[Na+]. The number of hydrogen-bond donors (Lipinski definition) is 0. The van der Waals surface area contributed by atoms with Gasteiger partial charge in [-0.05, 0) is 70.6 Å². The zero-order valence-electron chi connectivity index (χ0n) is 21.3. The first kappa shape index (κ1) is 33.5. The number of allylic oxidation sites excluding steroid dienone is 4. The first-order valence-electron chi connectivity index (χ1n) is 12.0. The average molecular weight is 517 g/mol. The molecule has 1 aromatic rings. The molecule has 190 valence electrons. The van der Waals surface area contributed by atoms with Crippen molar-refractivity contribution in [3.05, 3.63) is 53.6 Å². The number of carbonyl (C=O) groups excluding carboxylic acids is 2. The number of carbonyl (C=O) groups is 2. The summed E-state index contributed by atoms with van der Waals surface area (Å²) in [5.74, 6) is -1.60. The molecule has 0 fully saturated rings. The zero-order chi connectivity index (χ0) is 25.2.